The van der Waals surface area contributed by atoms with E-state index in [9.17, 15) is 4.79 Å². The summed E-state index contributed by atoms with van der Waals surface area (Å²) in [6, 6.07) is 4.94. The van der Waals surface area contributed by atoms with Crippen molar-refractivity contribution < 1.29 is 9.90 Å². The summed E-state index contributed by atoms with van der Waals surface area (Å²) in [4.78, 5) is 13.1. The minimum Gasteiger partial charge on any atom is -0.478 e. The summed E-state index contributed by atoms with van der Waals surface area (Å²) in [7, 11) is 2.08. The van der Waals surface area contributed by atoms with E-state index in [0.717, 1.165) is 24.6 Å². The minimum atomic E-state index is -0.939. The lowest BCUT2D eigenvalue weighted by Gasteiger charge is -2.30. The average molecular weight is 268 g/mol. The molecule has 1 saturated carbocycles. The fourth-order valence-electron chi connectivity index (χ4n) is 2.28. The lowest BCUT2D eigenvalue weighted by molar-refractivity contribution is 0.0697. The largest absolute Gasteiger partial charge is 0.478 e. The van der Waals surface area contributed by atoms with E-state index >= 15 is 0 Å². The molecule has 98 valence electrons. The summed E-state index contributed by atoms with van der Waals surface area (Å²) in [6.45, 7) is 1.87. The molecule has 4 heteroatoms. The maximum absolute atomic E-state index is 10.8. The smallest absolute Gasteiger partial charge is 0.335 e. The van der Waals surface area contributed by atoms with E-state index in [0.29, 0.717) is 5.02 Å². The zero-order chi connectivity index (χ0) is 13.1. The van der Waals surface area contributed by atoms with Crippen molar-refractivity contribution in [3.05, 3.63) is 34.3 Å². The second-order valence-corrected chi connectivity index (χ2v) is 5.51. The van der Waals surface area contributed by atoms with Gasteiger partial charge in [-0.1, -0.05) is 24.1 Å². The maximum atomic E-state index is 10.8. The fourth-order valence-corrected chi connectivity index (χ4v) is 2.52. The van der Waals surface area contributed by atoms with Crippen molar-refractivity contribution in [3.63, 3.8) is 0 Å². The molecule has 0 amide bonds. The van der Waals surface area contributed by atoms with Gasteiger partial charge in [-0.25, -0.2) is 4.79 Å². The highest BCUT2D eigenvalue weighted by molar-refractivity contribution is 6.31. The van der Waals surface area contributed by atoms with Gasteiger partial charge >= 0.3 is 5.97 Å². The van der Waals surface area contributed by atoms with Crippen molar-refractivity contribution in [1.29, 1.82) is 0 Å². The number of hydrogen-bond donors (Lipinski definition) is 1. The van der Waals surface area contributed by atoms with E-state index in [2.05, 4.69) is 11.9 Å². The number of carbonyl (C=O) groups is 1. The van der Waals surface area contributed by atoms with Crippen molar-refractivity contribution in [2.45, 2.75) is 25.8 Å². The van der Waals surface area contributed by atoms with Crippen LogP contribution in [0.25, 0.3) is 0 Å². The topological polar surface area (TPSA) is 40.5 Å². The highest BCUT2D eigenvalue weighted by Gasteiger charge is 2.19. The highest BCUT2D eigenvalue weighted by Crippen LogP contribution is 2.27. The molecule has 0 spiro atoms. The molecule has 0 heterocycles. The van der Waals surface area contributed by atoms with Crippen molar-refractivity contribution in [1.82, 2.24) is 4.90 Å². The first-order chi connectivity index (χ1) is 8.56. The van der Waals surface area contributed by atoms with E-state index in [1.807, 2.05) is 6.07 Å². The summed E-state index contributed by atoms with van der Waals surface area (Å²) in [6.07, 6.45) is 4.01. The highest BCUT2D eigenvalue weighted by atomic mass is 35.5. The van der Waals surface area contributed by atoms with Gasteiger partial charge in [-0.15, -0.1) is 0 Å². The SMILES string of the molecule is CN(Cc1ccc(C(=O)O)cc1Cl)CC1CCC1. The first-order valence-electron chi connectivity index (χ1n) is 6.26. The molecule has 1 aliphatic carbocycles. The van der Waals surface area contributed by atoms with Gasteiger partial charge in [0.25, 0.3) is 0 Å². The first kappa shape index (κ1) is 13.4. The summed E-state index contributed by atoms with van der Waals surface area (Å²) < 4.78 is 0. The summed E-state index contributed by atoms with van der Waals surface area (Å²) >= 11 is 6.11. The van der Waals surface area contributed by atoms with Gasteiger partial charge in [0, 0.05) is 18.1 Å². The van der Waals surface area contributed by atoms with Gasteiger partial charge in [0.2, 0.25) is 0 Å². The van der Waals surface area contributed by atoms with Crippen LogP contribution in [0.2, 0.25) is 5.02 Å². The Labute approximate surface area is 112 Å². The van der Waals surface area contributed by atoms with Gasteiger partial charge in [0.1, 0.15) is 0 Å². The Morgan fingerprint density at radius 1 is 1.50 bits per heavy atom. The van der Waals surface area contributed by atoms with E-state index in [-0.39, 0.29) is 5.56 Å². The molecule has 0 saturated heterocycles. The molecule has 1 N–H and O–H groups in total. The molecule has 3 nitrogen and oxygen atoms in total. The second kappa shape index (κ2) is 5.72. The molecule has 0 aliphatic heterocycles. The van der Waals surface area contributed by atoms with Crippen LogP contribution >= 0.6 is 11.6 Å². The van der Waals surface area contributed by atoms with Crippen LogP contribution in [0.4, 0.5) is 0 Å². The molecule has 0 bridgehead atoms. The van der Waals surface area contributed by atoms with E-state index in [1.165, 1.54) is 25.3 Å². The van der Waals surface area contributed by atoms with Gasteiger partial charge in [-0.2, -0.15) is 0 Å². The molecular weight excluding hydrogens is 250 g/mol. The quantitative estimate of drug-likeness (QED) is 0.890. The maximum Gasteiger partial charge on any atom is 0.335 e. The van der Waals surface area contributed by atoms with E-state index < -0.39 is 5.97 Å². The third-order valence-electron chi connectivity index (χ3n) is 3.53. The van der Waals surface area contributed by atoms with Crippen LogP contribution in [0.1, 0.15) is 35.2 Å². The van der Waals surface area contributed by atoms with Crippen molar-refractivity contribution in [3.8, 4) is 0 Å². The van der Waals surface area contributed by atoms with E-state index in [4.69, 9.17) is 16.7 Å². The number of benzene rings is 1. The Bertz CT molecular complexity index is 443. The summed E-state index contributed by atoms with van der Waals surface area (Å²) in [5, 5.41) is 9.41. The standard InChI is InChI=1S/C14H18ClNO2/c1-16(8-10-3-2-4-10)9-12-6-5-11(14(17)18)7-13(12)15/h5-7,10H,2-4,8-9H2,1H3,(H,17,18). The second-order valence-electron chi connectivity index (χ2n) is 5.11. The zero-order valence-electron chi connectivity index (χ0n) is 10.5. The summed E-state index contributed by atoms with van der Waals surface area (Å²) in [5.41, 5.74) is 1.23. The Kier molecular flexibility index (Phi) is 4.25. The average Bonchev–Trinajstić information content (AvgIpc) is 2.26. The van der Waals surface area contributed by atoms with Crippen molar-refractivity contribution >= 4 is 17.6 Å². The van der Waals surface area contributed by atoms with E-state index in [1.54, 1.807) is 6.07 Å². The van der Waals surface area contributed by atoms with Crippen LogP contribution in [0.15, 0.2) is 18.2 Å². The van der Waals surface area contributed by atoms with Crippen molar-refractivity contribution in [2.75, 3.05) is 13.6 Å². The monoisotopic (exact) mass is 267 g/mol. The molecular formula is C14H18ClNO2. The van der Waals surface area contributed by atoms with Crippen LogP contribution in [0.5, 0.6) is 0 Å². The number of carboxylic acids is 1. The normalized spacial score (nSPS) is 15.7. The van der Waals surface area contributed by atoms with Crippen LogP contribution in [-0.2, 0) is 6.54 Å². The third-order valence-corrected chi connectivity index (χ3v) is 3.89. The van der Waals surface area contributed by atoms with Gasteiger partial charge in [0.15, 0.2) is 0 Å². The van der Waals surface area contributed by atoms with Gasteiger partial charge in [-0.3, -0.25) is 0 Å². The first-order valence-corrected chi connectivity index (χ1v) is 6.64. The molecule has 0 atom stereocenters. The van der Waals surface area contributed by atoms with Gasteiger partial charge in [-0.05, 0) is 43.5 Å². The molecule has 0 radical (unpaired) electrons. The van der Waals surface area contributed by atoms with Gasteiger partial charge in [0.05, 0.1) is 5.56 Å². The Hall–Kier alpha value is -1.06. The van der Waals surface area contributed by atoms with Crippen LogP contribution in [0.3, 0.4) is 0 Å². The van der Waals surface area contributed by atoms with Crippen LogP contribution in [0, 0.1) is 5.92 Å². The number of carboxylic acid groups (broad SMARTS) is 1. The van der Waals surface area contributed by atoms with Gasteiger partial charge < -0.3 is 10.0 Å². The van der Waals surface area contributed by atoms with Crippen LogP contribution in [-0.4, -0.2) is 29.6 Å². The Morgan fingerprint density at radius 3 is 2.72 bits per heavy atom. The third kappa shape index (κ3) is 3.24. The number of halogens is 1. The molecule has 18 heavy (non-hydrogen) atoms. The fraction of sp³-hybridized carbons (Fsp3) is 0.500. The lowest BCUT2D eigenvalue weighted by atomic mass is 9.85. The van der Waals surface area contributed by atoms with Crippen molar-refractivity contribution in [2.24, 2.45) is 5.92 Å². The Morgan fingerprint density at radius 2 is 2.22 bits per heavy atom. The predicted molar refractivity (Wildman–Crippen MR) is 72.1 cm³/mol. The number of rotatable bonds is 5. The minimum absolute atomic E-state index is 0.241. The number of hydrogen-bond acceptors (Lipinski definition) is 2. The summed E-state index contributed by atoms with van der Waals surface area (Å²) in [5.74, 6) is -0.113. The number of aromatic carboxylic acids is 1. The molecule has 0 unspecified atom stereocenters. The molecule has 1 aliphatic rings. The predicted octanol–water partition coefficient (Wildman–Crippen LogP) is 3.27. The molecule has 1 aromatic carbocycles. The molecule has 1 aromatic rings. The molecule has 0 aromatic heterocycles. The molecule has 2 rings (SSSR count). The number of nitrogens with zero attached hydrogens (tertiary/aromatic N) is 1. The Balaban J connectivity index is 1.97. The zero-order valence-corrected chi connectivity index (χ0v) is 11.3. The van der Waals surface area contributed by atoms with Crippen LogP contribution < -0.4 is 0 Å². The molecule has 1 fully saturated rings. The lowest BCUT2D eigenvalue weighted by Crippen LogP contribution is -2.29.